The monoisotopic (exact) mass is 335 g/mol. The zero-order chi connectivity index (χ0) is 17.6. The smallest absolute Gasteiger partial charge is 0.119 e. The number of aryl methyl sites for hydroxylation is 1. The molecule has 1 atom stereocenters. The Bertz CT molecular complexity index is 878. The summed E-state index contributed by atoms with van der Waals surface area (Å²) in [5.41, 5.74) is 2.92. The molecule has 25 heavy (non-hydrogen) atoms. The molecule has 0 aliphatic rings. The van der Waals surface area contributed by atoms with Gasteiger partial charge in [-0.1, -0.05) is 31.2 Å². The summed E-state index contributed by atoms with van der Waals surface area (Å²) in [5, 5.41) is 19.1. The number of aliphatic hydroxyl groups is 1. The lowest BCUT2D eigenvalue weighted by Crippen LogP contribution is -2.24. The molecule has 1 heterocycles. The first-order chi connectivity index (χ1) is 12.2. The summed E-state index contributed by atoms with van der Waals surface area (Å²) in [4.78, 5) is 4.61. The van der Waals surface area contributed by atoms with Crippen LogP contribution in [0, 0.1) is 11.3 Å². The van der Waals surface area contributed by atoms with E-state index >= 15 is 0 Å². The predicted octanol–water partition coefficient (Wildman–Crippen LogP) is 3.10. The van der Waals surface area contributed by atoms with E-state index in [9.17, 15) is 5.11 Å². The number of imidazole rings is 1. The standard InChI is InChI=1S/C20H21N3O2/c1-2-20-22-18-5-3-4-6-19(18)23(20)13-16(24)14-25-17-9-7-15(8-10-17)11-12-21/h3-10,16,24H,2,11,13-14H2,1H3/t16-/m0/s1. The maximum absolute atomic E-state index is 10.4. The molecule has 1 aromatic heterocycles. The van der Waals surface area contributed by atoms with Gasteiger partial charge in [-0.25, -0.2) is 4.98 Å². The SMILES string of the molecule is CCc1nc2ccccc2n1C[C@H](O)COc1ccc(CC#N)cc1. The van der Waals surface area contributed by atoms with Crippen molar-refractivity contribution in [1.82, 2.24) is 9.55 Å². The van der Waals surface area contributed by atoms with Crippen molar-refractivity contribution in [1.29, 1.82) is 5.26 Å². The molecule has 0 bridgehead atoms. The van der Waals surface area contributed by atoms with Crippen molar-refractivity contribution >= 4 is 11.0 Å². The fourth-order valence-corrected chi connectivity index (χ4v) is 2.85. The first kappa shape index (κ1) is 17.0. The summed E-state index contributed by atoms with van der Waals surface area (Å²) < 4.78 is 7.72. The third kappa shape index (κ3) is 3.98. The Labute approximate surface area is 147 Å². The van der Waals surface area contributed by atoms with Gasteiger partial charge in [-0.05, 0) is 29.8 Å². The summed E-state index contributed by atoms with van der Waals surface area (Å²) >= 11 is 0. The molecule has 0 fully saturated rings. The second kappa shape index (κ2) is 7.82. The summed E-state index contributed by atoms with van der Waals surface area (Å²) in [5.74, 6) is 1.65. The Balaban J connectivity index is 1.65. The van der Waals surface area contributed by atoms with Crippen LogP contribution >= 0.6 is 0 Å². The molecule has 5 heteroatoms. The highest BCUT2D eigenvalue weighted by atomic mass is 16.5. The normalized spacial score (nSPS) is 12.0. The van der Waals surface area contributed by atoms with Gasteiger partial charge in [0, 0.05) is 6.42 Å². The largest absolute Gasteiger partial charge is 0.491 e. The number of nitriles is 1. The average Bonchev–Trinajstić information content (AvgIpc) is 2.99. The minimum atomic E-state index is -0.637. The van der Waals surface area contributed by atoms with E-state index < -0.39 is 6.10 Å². The number of para-hydroxylation sites is 2. The maximum atomic E-state index is 10.4. The molecule has 3 rings (SSSR count). The van der Waals surface area contributed by atoms with Crippen LogP contribution in [-0.4, -0.2) is 27.4 Å². The number of aromatic nitrogens is 2. The second-order valence-electron chi connectivity index (χ2n) is 5.92. The molecule has 0 saturated carbocycles. The highest BCUT2D eigenvalue weighted by molar-refractivity contribution is 5.75. The van der Waals surface area contributed by atoms with Gasteiger partial charge in [-0.2, -0.15) is 5.26 Å². The first-order valence-electron chi connectivity index (χ1n) is 8.42. The molecule has 0 aliphatic carbocycles. The van der Waals surface area contributed by atoms with Gasteiger partial charge in [-0.15, -0.1) is 0 Å². The van der Waals surface area contributed by atoms with Crippen LogP contribution in [-0.2, 0) is 19.4 Å². The number of nitrogens with zero attached hydrogens (tertiary/aromatic N) is 3. The maximum Gasteiger partial charge on any atom is 0.119 e. The van der Waals surface area contributed by atoms with Crippen LogP contribution in [0.5, 0.6) is 5.75 Å². The van der Waals surface area contributed by atoms with E-state index in [0.29, 0.717) is 18.7 Å². The summed E-state index contributed by atoms with van der Waals surface area (Å²) in [6, 6.07) is 17.4. The van der Waals surface area contributed by atoms with Crippen LogP contribution in [0.2, 0.25) is 0 Å². The van der Waals surface area contributed by atoms with Crippen molar-refractivity contribution in [2.45, 2.75) is 32.4 Å². The summed E-state index contributed by atoms with van der Waals surface area (Å²) in [7, 11) is 0. The molecule has 1 N–H and O–H groups in total. The highest BCUT2D eigenvalue weighted by Crippen LogP contribution is 2.18. The van der Waals surface area contributed by atoms with Crippen molar-refractivity contribution in [3.63, 3.8) is 0 Å². The summed E-state index contributed by atoms with van der Waals surface area (Å²) in [6.45, 7) is 2.70. The molecule has 0 amide bonds. The first-order valence-corrected chi connectivity index (χ1v) is 8.42. The fraction of sp³-hybridized carbons (Fsp3) is 0.300. The van der Waals surface area contributed by atoms with Crippen molar-refractivity contribution in [2.75, 3.05) is 6.61 Å². The van der Waals surface area contributed by atoms with Crippen LogP contribution in [0.4, 0.5) is 0 Å². The molecular weight excluding hydrogens is 314 g/mol. The highest BCUT2D eigenvalue weighted by Gasteiger charge is 2.13. The molecule has 2 aromatic carbocycles. The third-order valence-electron chi connectivity index (χ3n) is 4.09. The third-order valence-corrected chi connectivity index (χ3v) is 4.09. The van der Waals surface area contributed by atoms with Crippen molar-refractivity contribution in [3.05, 3.63) is 59.9 Å². The Hall–Kier alpha value is -2.84. The molecule has 0 aliphatic heterocycles. The molecule has 0 spiro atoms. The minimum Gasteiger partial charge on any atom is -0.491 e. The lowest BCUT2D eigenvalue weighted by Gasteiger charge is -2.15. The number of benzene rings is 2. The van der Waals surface area contributed by atoms with Gasteiger partial charge < -0.3 is 14.4 Å². The minimum absolute atomic E-state index is 0.202. The van der Waals surface area contributed by atoms with Gasteiger partial charge in [0.2, 0.25) is 0 Å². The molecule has 0 radical (unpaired) electrons. The Morgan fingerprint density at radius 1 is 1.20 bits per heavy atom. The number of hydrogen-bond acceptors (Lipinski definition) is 4. The van der Waals surface area contributed by atoms with Gasteiger partial charge in [-0.3, -0.25) is 0 Å². The molecule has 3 aromatic rings. The van der Waals surface area contributed by atoms with Gasteiger partial charge in [0.15, 0.2) is 0 Å². The van der Waals surface area contributed by atoms with E-state index in [-0.39, 0.29) is 6.61 Å². The second-order valence-corrected chi connectivity index (χ2v) is 5.92. The zero-order valence-corrected chi connectivity index (χ0v) is 14.2. The van der Waals surface area contributed by atoms with Crippen LogP contribution < -0.4 is 4.74 Å². The van der Waals surface area contributed by atoms with Crippen molar-refractivity contribution in [2.24, 2.45) is 0 Å². The lowest BCUT2D eigenvalue weighted by molar-refractivity contribution is 0.0927. The van der Waals surface area contributed by atoms with Gasteiger partial charge in [0.05, 0.1) is 30.1 Å². The van der Waals surface area contributed by atoms with Crippen molar-refractivity contribution in [3.8, 4) is 11.8 Å². The zero-order valence-electron chi connectivity index (χ0n) is 14.2. The van der Waals surface area contributed by atoms with Gasteiger partial charge >= 0.3 is 0 Å². The van der Waals surface area contributed by atoms with Gasteiger partial charge in [0.1, 0.15) is 24.3 Å². The molecule has 128 valence electrons. The van der Waals surface area contributed by atoms with Crippen LogP contribution in [0.1, 0.15) is 18.3 Å². The van der Waals surface area contributed by atoms with Crippen molar-refractivity contribution < 1.29 is 9.84 Å². The molecular formula is C20H21N3O2. The summed E-state index contributed by atoms with van der Waals surface area (Å²) in [6.07, 6.45) is 0.556. The number of hydrogen-bond donors (Lipinski definition) is 1. The quantitative estimate of drug-likeness (QED) is 0.720. The number of aliphatic hydroxyl groups excluding tert-OH is 1. The number of rotatable bonds is 7. The number of fused-ring (bicyclic) bond motifs is 1. The average molecular weight is 335 g/mol. The molecule has 5 nitrogen and oxygen atoms in total. The Morgan fingerprint density at radius 2 is 1.96 bits per heavy atom. The van der Waals surface area contributed by atoms with E-state index in [1.54, 1.807) is 0 Å². The van der Waals surface area contributed by atoms with E-state index in [1.165, 1.54) is 0 Å². The number of ether oxygens (including phenoxy) is 1. The van der Waals surface area contributed by atoms with Gasteiger partial charge in [0.25, 0.3) is 0 Å². The lowest BCUT2D eigenvalue weighted by atomic mass is 10.2. The molecule has 0 saturated heterocycles. The topological polar surface area (TPSA) is 71.1 Å². The Kier molecular flexibility index (Phi) is 5.32. The van der Waals surface area contributed by atoms with Crippen LogP contribution in [0.25, 0.3) is 11.0 Å². The Morgan fingerprint density at radius 3 is 2.68 bits per heavy atom. The van der Waals surface area contributed by atoms with E-state index in [2.05, 4.69) is 22.5 Å². The predicted molar refractivity (Wildman–Crippen MR) is 96.4 cm³/mol. The van der Waals surface area contributed by atoms with E-state index in [4.69, 9.17) is 10.00 Å². The van der Waals surface area contributed by atoms with Crippen LogP contribution in [0.3, 0.4) is 0 Å². The fourth-order valence-electron chi connectivity index (χ4n) is 2.85. The van der Waals surface area contributed by atoms with E-state index in [0.717, 1.165) is 28.8 Å². The van der Waals surface area contributed by atoms with E-state index in [1.807, 2.05) is 48.5 Å². The van der Waals surface area contributed by atoms with Crippen LogP contribution in [0.15, 0.2) is 48.5 Å². The molecule has 0 unspecified atom stereocenters.